The van der Waals surface area contributed by atoms with Crippen LogP contribution in [0.5, 0.6) is 0 Å². The van der Waals surface area contributed by atoms with Crippen LogP contribution in [0.25, 0.3) is 0 Å². The van der Waals surface area contributed by atoms with Gasteiger partial charge in [-0.15, -0.1) is 0 Å². The average Bonchev–Trinajstić information content (AvgIpc) is 2.24. The van der Waals surface area contributed by atoms with E-state index in [-0.39, 0.29) is 15.6 Å². The van der Waals surface area contributed by atoms with Gasteiger partial charge >= 0.3 is 18.1 Å². The Morgan fingerprint density at radius 2 is 1.94 bits per heavy atom. The third-order valence-electron chi connectivity index (χ3n) is 1.92. The van der Waals surface area contributed by atoms with Crippen molar-refractivity contribution in [3.05, 3.63) is 22.8 Å². The number of aromatic carboxylic acids is 1. The van der Waals surface area contributed by atoms with Gasteiger partial charge in [0, 0.05) is 7.05 Å². The Morgan fingerprint density at radius 1 is 1.39 bits per heavy atom. The molecule has 18 heavy (non-hydrogen) atoms. The van der Waals surface area contributed by atoms with Gasteiger partial charge in [-0.05, 0) is 12.1 Å². The largest absolute Gasteiger partial charge is 0.478 e. The van der Waals surface area contributed by atoms with E-state index in [1.807, 2.05) is 0 Å². The molecule has 0 unspecified atom stereocenters. The minimum atomic E-state index is -5.08. The number of alkyl halides is 3. The second-order valence-electron chi connectivity index (χ2n) is 3.20. The highest BCUT2D eigenvalue weighted by atomic mass is 35.5. The molecule has 0 saturated heterocycles. The van der Waals surface area contributed by atoms with Crippen LogP contribution in [0.3, 0.4) is 0 Å². The third-order valence-corrected chi connectivity index (χ3v) is 2.11. The summed E-state index contributed by atoms with van der Waals surface area (Å²) >= 11 is 5.46. The van der Waals surface area contributed by atoms with Crippen molar-refractivity contribution in [3.8, 4) is 0 Å². The summed E-state index contributed by atoms with van der Waals surface area (Å²) < 4.78 is 36.5. The zero-order valence-corrected chi connectivity index (χ0v) is 9.58. The van der Waals surface area contributed by atoms with E-state index in [0.717, 1.165) is 19.2 Å². The lowest BCUT2D eigenvalue weighted by Gasteiger charge is -2.18. The number of halogens is 4. The first kappa shape index (κ1) is 14.2. The molecule has 98 valence electrons. The molecule has 0 aliphatic heterocycles. The Labute approximate surface area is 104 Å². The molecule has 9 heteroatoms. The highest BCUT2D eigenvalue weighted by molar-refractivity contribution is 6.29. The topological polar surface area (TPSA) is 70.5 Å². The summed E-state index contributed by atoms with van der Waals surface area (Å²) in [6, 6.07) is 1.77. The van der Waals surface area contributed by atoms with Crippen molar-refractivity contribution in [2.75, 3.05) is 11.9 Å². The average molecular weight is 283 g/mol. The number of amides is 1. The molecule has 0 aromatic carbocycles. The molecule has 0 bridgehead atoms. The zero-order valence-electron chi connectivity index (χ0n) is 8.82. The summed E-state index contributed by atoms with van der Waals surface area (Å²) in [5, 5.41) is 8.37. The van der Waals surface area contributed by atoms with Crippen molar-refractivity contribution >= 4 is 29.3 Å². The van der Waals surface area contributed by atoms with Gasteiger partial charge < -0.3 is 5.11 Å². The maximum absolute atomic E-state index is 12.2. The molecule has 0 radical (unpaired) electrons. The molecule has 1 amide bonds. The molecule has 0 saturated carbocycles. The van der Waals surface area contributed by atoms with E-state index >= 15 is 0 Å². The van der Waals surface area contributed by atoms with Crippen LogP contribution in [0.1, 0.15) is 10.4 Å². The van der Waals surface area contributed by atoms with Gasteiger partial charge in [-0.25, -0.2) is 9.78 Å². The lowest BCUT2D eigenvalue weighted by atomic mass is 10.2. The van der Waals surface area contributed by atoms with Crippen LogP contribution < -0.4 is 4.90 Å². The third kappa shape index (κ3) is 3.10. The van der Waals surface area contributed by atoms with Crippen LogP contribution >= 0.6 is 11.6 Å². The number of carbonyl (C=O) groups excluding carboxylic acids is 1. The molecule has 5 nitrogen and oxygen atoms in total. The van der Waals surface area contributed by atoms with E-state index in [4.69, 9.17) is 16.7 Å². The predicted molar refractivity (Wildman–Crippen MR) is 55.7 cm³/mol. The molecule has 1 aromatic rings. The number of carboxylic acids is 1. The molecular formula is C9H6ClF3N2O3. The fraction of sp³-hybridized carbons (Fsp3) is 0.222. The van der Waals surface area contributed by atoms with Crippen molar-refractivity contribution < 1.29 is 27.9 Å². The van der Waals surface area contributed by atoms with Crippen molar-refractivity contribution in [1.82, 2.24) is 4.98 Å². The summed E-state index contributed by atoms with van der Waals surface area (Å²) in [5.41, 5.74) is -0.369. The Morgan fingerprint density at radius 3 is 2.39 bits per heavy atom. The first-order chi connectivity index (χ1) is 8.12. The summed E-state index contributed by atoms with van der Waals surface area (Å²) in [5.74, 6) is -4.07. The number of aromatic nitrogens is 1. The van der Waals surface area contributed by atoms with E-state index in [1.54, 1.807) is 0 Å². The van der Waals surface area contributed by atoms with Gasteiger partial charge in [0.1, 0.15) is 11.0 Å². The molecule has 0 fully saturated rings. The standard InChI is InChI=1S/C9H6ClF3N2O3/c1-15(8(18)9(11,12)13)6-3-4(7(16)17)2-5(10)14-6/h2-3H,1H3,(H,16,17). The first-order valence-corrected chi connectivity index (χ1v) is 4.76. The van der Waals surface area contributed by atoms with Gasteiger partial charge in [0.15, 0.2) is 0 Å². The number of hydrogen-bond donors (Lipinski definition) is 1. The van der Waals surface area contributed by atoms with Gasteiger partial charge in [-0.1, -0.05) is 11.6 Å². The molecule has 1 aromatic heterocycles. The molecule has 1 N–H and O–H groups in total. The zero-order chi connectivity index (χ0) is 14.1. The summed E-state index contributed by atoms with van der Waals surface area (Å²) in [6.45, 7) is 0. The molecule has 1 rings (SSSR count). The van der Waals surface area contributed by atoms with Crippen molar-refractivity contribution in [1.29, 1.82) is 0 Å². The molecule has 1 heterocycles. The van der Waals surface area contributed by atoms with E-state index in [2.05, 4.69) is 4.98 Å². The molecule has 0 aliphatic carbocycles. The second-order valence-corrected chi connectivity index (χ2v) is 3.59. The number of carbonyl (C=O) groups is 2. The number of nitrogens with zero attached hydrogens (tertiary/aromatic N) is 2. The first-order valence-electron chi connectivity index (χ1n) is 4.38. The number of pyridine rings is 1. The maximum Gasteiger partial charge on any atom is 0.471 e. The van der Waals surface area contributed by atoms with Crippen LogP contribution in [0.4, 0.5) is 19.0 Å². The Kier molecular flexibility index (Phi) is 3.80. The van der Waals surface area contributed by atoms with Gasteiger partial charge in [-0.3, -0.25) is 9.69 Å². The fourth-order valence-corrected chi connectivity index (χ4v) is 1.28. The Balaban J connectivity index is 3.18. The number of rotatable bonds is 2. The number of anilines is 1. The van der Waals surface area contributed by atoms with Gasteiger partial charge in [-0.2, -0.15) is 13.2 Å². The molecule has 0 aliphatic rings. The van der Waals surface area contributed by atoms with Crippen LogP contribution in [0, 0.1) is 0 Å². The molecule has 0 spiro atoms. The quantitative estimate of drug-likeness (QED) is 0.842. The Hall–Kier alpha value is -1.83. The number of hydrogen-bond acceptors (Lipinski definition) is 3. The molecule has 0 atom stereocenters. The van der Waals surface area contributed by atoms with Crippen LogP contribution in [-0.2, 0) is 4.79 Å². The lowest BCUT2D eigenvalue weighted by molar-refractivity contribution is -0.170. The van der Waals surface area contributed by atoms with E-state index in [0.29, 0.717) is 0 Å². The second kappa shape index (κ2) is 4.81. The lowest BCUT2D eigenvalue weighted by Crippen LogP contribution is -2.39. The van der Waals surface area contributed by atoms with Gasteiger partial charge in [0.25, 0.3) is 0 Å². The minimum Gasteiger partial charge on any atom is -0.478 e. The van der Waals surface area contributed by atoms with Crippen molar-refractivity contribution in [2.45, 2.75) is 6.18 Å². The number of carboxylic acid groups (broad SMARTS) is 1. The summed E-state index contributed by atoms with van der Waals surface area (Å²) in [4.78, 5) is 25.2. The van der Waals surface area contributed by atoms with Gasteiger partial charge in [0.2, 0.25) is 0 Å². The predicted octanol–water partition coefficient (Wildman–Crippen LogP) is 1.96. The van der Waals surface area contributed by atoms with Crippen LogP contribution in [0.2, 0.25) is 5.15 Å². The Bertz CT molecular complexity index is 504. The van der Waals surface area contributed by atoms with Crippen LogP contribution in [0.15, 0.2) is 12.1 Å². The molecular weight excluding hydrogens is 277 g/mol. The van der Waals surface area contributed by atoms with E-state index < -0.39 is 23.9 Å². The maximum atomic E-state index is 12.2. The van der Waals surface area contributed by atoms with E-state index in [9.17, 15) is 22.8 Å². The minimum absolute atomic E-state index is 0.179. The summed E-state index contributed by atoms with van der Waals surface area (Å²) in [7, 11) is 0.820. The van der Waals surface area contributed by atoms with Crippen molar-refractivity contribution in [2.24, 2.45) is 0 Å². The summed E-state index contributed by atoms with van der Waals surface area (Å²) in [6.07, 6.45) is -5.08. The van der Waals surface area contributed by atoms with Crippen LogP contribution in [-0.4, -0.2) is 35.2 Å². The SMILES string of the molecule is CN(C(=O)C(F)(F)F)c1cc(C(=O)O)cc(Cl)n1. The highest BCUT2D eigenvalue weighted by Gasteiger charge is 2.42. The smallest absolute Gasteiger partial charge is 0.471 e. The fourth-order valence-electron chi connectivity index (χ4n) is 1.07. The van der Waals surface area contributed by atoms with Gasteiger partial charge in [0.05, 0.1) is 5.56 Å². The van der Waals surface area contributed by atoms with E-state index in [1.165, 1.54) is 0 Å². The highest BCUT2D eigenvalue weighted by Crippen LogP contribution is 2.23. The normalized spacial score (nSPS) is 11.2. The monoisotopic (exact) mass is 282 g/mol. The van der Waals surface area contributed by atoms with Crippen molar-refractivity contribution in [3.63, 3.8) is 0 Å².